The Bertz CT molecular complexity index is 414. The van der Waals surface area contributed by atoms with E-state index in [1.165, 1.54) is 83.8 Å². The third-order valence-corrected chi connectivity index (χ3v) is 7.99. The average Bonchev–Trinajstić information content (AvgIpc) is 2.63. The van der Waals surface area contributed by atoms with Gasteiger partial charge in [-0.05, 0) is 87.6 Å². The molecule has 1 nitrogen and oxygen atoms in total. The molecule has 3 aliphatic rings. The molecule has 25 heavy (non-hydrogen) atoms. The lowest BCUT2D eigenvalue weighted by atomic mass is 9.69. The zero-order valence-corrected chi connectivity index (χ0v) is 17.4. The third-order valence-electron chi connectivity index (χ3n) is 7.53. The molecule has 6 atom stereocenters. The van der Waals surface area contributed by atoms with E-state index in [0.29, 0.717) is 5.92 Å². The van der Waals surface area contributed by atoms with Crippen LogP contribution in [0.25, 0.3) is 0 Å². The zero-order chi connectivity index (χ0) is 17.6. The summed E-state index contributed by atoms with van der Waals surface area (Å²) in [7, 11) is 0. The van der Waals surface area contributed by atoms with Crippen LogP contribution in [0, 0.1) is 29.6 Å². The summed E-state index contributed by atoms with van der Waals surface area (Å²) >= 11 is 6.78. The number of allylic oxidation sites excluding steroid dienone is 2. The fraction of sp³-hybridized carbons (Fsp3) is 0.913. The fourth-order valence-electron chi connectivity index (χ4n) is 5.86. The molecule has 0 aromatic rings. The van der Waals surface area contributed by atoms with E-state index in [1.54, 1.807) is 0 Å². The minimum atomic E-state index is 0.257. The number of hydrogen-bond donors (Lipinski definition) is 0. The van der Waals surface area contributed by atoms with Crippen LogP contribution in [0.3, 0.4) is 0 Å². The molecule has 1 aliphatic heterocycles. The van der Waals surface area contributed by atoms with E-state index in [2.05, 4.69) is 30.9 Å². The molecule has 1 saturated carbocycles. The van der Waals surface area contributed by atoms with Gasteiger partial charge in [0.2, 0.25) is 0 Å². The summed E-state index contributed by atoms with van der Waals surface area (Å²) in [6.45, 7) is 8.71. The molecule has 0 aromatic carbocycles. The summed E-state index contributed by atoms with van der Waals surface area (Å²) in [6, 6.07) is 0. The highest BCUT2D eigenvalue weighted by Gasteiger charge is 2.33. The van der Waals surface area contributed by atoms with Gasteiger partial charge in [-0.3, -0.25) is 0 Å². The number of alkyl halides is 1. The predicted molar refractivity (Wildman–Crippen MR) is 110 cm³/mol. The summed E-state index contributed by atoms with van der Waals surface area (Å²) in [5.74, 6) is 4.39. The summed E-state index contributed by atoms with van der Waals surface area (Å²) in [5, 5.41) is 0.257. The van der Waals surface area contributed by atoms with Gasteiger partial charge in [-0.1, -0.05) is 45.3 Å². The quantitative estimate of drug-likeness (QED) is 0.382. The Kier molecular flexibility index (Phi) is 7.73. The Labute approximate surface area is 161 Å². The van der Waals surface area contributed by atoms with Crippen LogP contribution in [-0.2, 0) is 0 Å². The van der Waals surface area contributed by atoms with Crippen molar-refractivity contribution in [1.82, 2.24) is 4.90 Å². The molecule has 2 heteroatoms. The lowest BCUT2D eigenvalue weighted by Crippen LogP contribution is -2.40. The number of likely N-dealkylation sites (tertiary alicyclic amines) is 1. The molecule has 0 bridgehead atoms. The van der Waals surface area contributed by atoms with Gasteiger partial charge in [0.15, 0.2) is 0 Å². The van der Waals surface area contributed by atoms with Crippen LogP contribution in [0.1, 0.15) is 78.1 Å². The van der Waals surface area contributed by atoms with Gasteiger partial charge in [0, 0.05) is 6.54 Å². The first-order valence-corrected chi connectivity index (χ1v) is 11.6. The average molecular weight is 366 g/mol. The molecule has 0 aromatic heterocycles. The predicted octanol–water partition coefficient (Wildman–Crippen LogP) is 6.51. The van der Waals surface area contributed by atoms with E-state index in [1.807, 2.05) is 0 Å². The van der Waals surface area contributed by atoms with Gasteiger partial charge in [0.05, 0.1) is 5.38 Å². The molecular weight excluding hydrogens is 326 g/mol. The molecule has 2 fully saturated rings. The molecule has 1 heterocycles. The smallest absolute Gasteiger partial charge is 0.0559 e. The van der Waals surface area contributed by atoms with Gasteiger partial charge in [-0.15, -0.1) is 11.6 Å². The maximum Gasteiger partial charge on any atom is 0.0559 e. The summed E-state index contributed by atoms with van der Waals surface area (Å²) < 4.78 is 0. The molecule has 0 amide bonds. The molecule has 1 saturated heterocycles. The monoisotopic (exact) mass is 365 g/mol. The largest absolute Gasteiger partial charge is 0.303 e. The standard InChI is InChI=1S/C23H40ClN/c1-3-19-11-10-18(2)16-21(19)13-12-20-8-7-9-23(24)22(20)17-25-14-5-4-6-15-25/h7,9,18-23H,3-6,8,10-17H2,1-2H3. The van der Waals surface area contributed by atoms with E-state index in [0.717, 1.165) is 23.7 Å². The first-order valence-electron chi connectivity index (χ1n) is 11.2. The van der Waals surface area contributed by atoms with Crippen LogP contribution in [0.15, 0.2) is 12.2 Å². The molecule has 6 unspecified atom stereocenters. The molecular formula is C23H40ClN. The molecule has 0 radical (unpaired) electrons. The van der Waals surface area contributed by atoms with Crippen LogP contribution < -0.4 is 0 Å². The SMILES string of the molecule is CCC1CCC(C)CC1CCC1CC=CC(Cl)C1CN1CCCCC1. The van der Waals surface area contributed by atoms with Gasteiger partial charge in [0.25, 0.3) is 0 Å². The van der Waals surface area contributed by atoms with Gasteiger partial charge >= 0.3 is 0 Å². The zero-order valence-electron chi connectivity index (χ0n) is 16.6. The molecule has 3 rings (SSSR count). The number of piperidine rings is 1. The number of rotatable bonds is 6. The summed E-state index contributed by atoms with van der Waals surface area (Å²) in [5.41, 5.74) is 0. The van der Waals surface area contributed by atoms with Gasteiger partial charge in [-0.2, -0.15) is 0 Å². The van der Waals surface area contributed by atoms with Crippen molar-refractivity contribution in [3.05, 3.63) is 12.2 Å². The Hall–Kier alpha value is -0.0100. The fourth-order valence-corrected chi connectivity index (χ4v) is 6.25. The lowest BCUT2D eigenvalue weighted by molar-refractivity contribution is 0.134. The van der Waals surface area contributed by atoms with Crippen molar-refractivity contribution >= 4 is 11.6 Å². The van der Waals surface area contributed by atoms with Crippen LogP contribution >= 0.6 is 11.6 Å². The van der Waals surface area contributed by atoms with Crippen LogP contribution in [0.5, 0.6) is 0 Å². The highest BCUT2D eigenvalue weighted by atomic mass is 35.5. The third kappa shape index (κ3) is 5.48. The molecule has 144 valence electrons. The van der Waals surface area contributed by atoms with Gasteiger partial charge in [0.1, 0.15) is 0 Å². The van der Waals surface area contributed by atoms with Crippen LogP contribution in [0.2, 0.25) is 0 Å². The normalized spacial score (nSPS) is 40.3. The highest BCUT2D eigenvalue weighted by molar-refractivity contribution is 6.22. The minimum absolute atomic E-state index is 0.257. The Morgan fingerprint density at radius 1 is 1.00 bits per heavy atom. The number of hydrogen-bond acceptors (Lipinski definition) is 1. The van der Waals surface area contributed by atoms with Gasteiger partial charge in [-0.25, -0.2) is 0 Å². The second kappa shape index (κ2) is 9.79. The van der Waals surface area contributed by atoms with E-state index in [-0.39, 0.29) is 5.38 Å². The van der Waals surface area contributed by atoms with Crippen molar-refractivity contribution in [2.45, 2.75) is 83.4 Å². The highest BCUT2D eigenvalue weighted by Crippen LogP contribution is 2.41. The van der Waals surface area contributed by atoms with Crippen LogP contribution in [-0.4, -0.2) is 29.9 Å². The Morgan fingerprint density at radius 2 is 1.76 bits per heavy atom. The second-order valence-electron chi connectivity index (χ2n) is 9.32. The second-order valence-corrected chi connectivity index (χ2v) is 9.82. The van der Waals surface area contributed by atoms with E-state index in [9.17, 15) is 0 Å². The van der Waals surface area contributed by atoms with Crippen molar-refractivity contribution < 1.29 is 0 Å². The maximum absolute atomic E-state index is 6.78. The molecule has 0 spiro atoms. The molecule has 2 aliphatic carbocycles. The van der Waals surface area contributed by atoms with E-state index >= 15 is 0 Å². The summed E-state index contributed by atoms with van der Waals surface area (Å²) in [4.78, 5) is 2.70. The van der Waals surface area contributed by atoms with E-state index in [4.69, 9.17) is 11.6 Å². The summed E-state index contributed by atoms with van der Waals surface area (Å²) in [6.07, 6.45) is 18.8. The van der Waals surface area contributed by atoms with E-state index < -0.39 is 0 Å². The minimum Gasteiger partial charge on any atom is -0.303 e. The first kappa shape index (κ1) is 19.7. The number of nitrogens with zero attached hydrogens (tertiary/aromatic N) is 1. The van der Waals surface area contributed by atoms with Crippen molar-refractivity contribution in [1.29, 1.82) is 0 Å². The maximum atomic E-state index is 6.78. The van der Waals surface area contributed by atoms with Gasteiger partial charge < -0.3 is 4.90 Å². The first-order chi connectivity index (χ1) is 12.2. The van der Waals surface area contributed by atoms with Crippen molar-refractivity contribution in [2.24, 2.45) is 29.6 Å². The number of halogens is 1. The topological polar surface area (TPSA) is 3.24 Å². The Morgan fingerprint density at radius 3 is 2.52 bits per heavy atom. The van der Waals surface area contributed by atoms with Crippen molar-refractivity contribution in [3.63, 3.8) is 0 Å². The van der Waals surface area contributed by atoms with Crippen LogP contribution in [0.4, 0.5) is 0 Å². The lowest BCUT2D eigenvalue weighted by Gasteiger charge is -2.39. The Balaban J connectivity index is 1.55. The van der Waals surface area contributed by atoms with Crippen molar-refractivity contribution in [3.8, 4) is 0 Å². The molecule has 0 N–H and O–H groups in total. The van der Waals surface area contributed by atoms with Crippen molar-refractivity contribution in [2.75, 3.05) is 19.6 Å².